The smallest absolute Gasteiger partial charge is 0.336 e. The Kier molecular flexibility index (Phi) is 19.4. The minimum atomic E-state index is -3.91. The van der Waals surface area contributed by atoms with Gasteiger partial charge in [0, 0.05) is 114 Å². The van der Waals surface area contributed by atoms with E-state index in [2.05, 4.69) is 71.4 Å². The third-order valence-corrected chi connectivity index (χ3v) is 16.2. The van der Waals surface area contributed by atoms with Gasteiger partial charge in [-0.1, -0.05) is 59.3 Å². The summed E-state index contributed by atoms with van der Waals surface area (Å²) in [5.41, 5.74) is 4.86. The number of hydrogen-bond acceptors (Lipinski definition) is 19. The summed E-state index contributed by atoms with van der Waals surface area (Å²) in [7, 11) is -2.33. The number of nitrogens with zero attached hydrogens (tertiary/aromatic N) is 4. The van der Waals surface area contributed by atoms with Crippen LogP contribution < -0.4 is 9.74 Å². The Morgan fingerprint density at radius 1 is 0.812 bits per heavy atom. The number of aromatic hydroxyl groups is 2. The van der Waals surface area contributed by atoms with Gasteiger partial charge in [0.15, 0.2) is 5.71 Å². The number of anilines is 1. The van der Waals surface area contributed by atoms with Gasteiger partial charge in [-0.15, -0.1) is 17.7 Å². The molecule has 3 aliphatic rings. The van der Waals surface area contributed by atoms with Crippen molar-refractivity contribution >= 4 is 69.2 Å². The molecule has 0 spiro atoms. The van der Waals surface area contributed by atoms with Crippen LogP contribution in [0.2, 0.25) is 0 Å². The fraction of sp³-hybridized carbons (Fsp3) is 0.435. The molecule has 0 atom stereocenters. The summed E-state index contributed by atoms with van der Waals surface area (Å²) in [6.45, 7) is 9.91. The molecule has 0 saturated heterocycles. The third kappa shape index (κ3) is 13.0. The minimum Gasteiger partial charge on any atom is -0.492 e. The second-order valence-electron chi connectivity index (χ2n) is 17.6. The van der Waals surface area contributed by atoms with Crippen molar-refractivity contribution in [1.29, 1.82) is 0 Å². The van der Waals surface area contributed by atoms with E-state index in [-0.39, 0.29) is 17.4 Å². The molecule has 3 aromatic rings. The molecule has 0 radical (unpaired) electrons. The monoisotopic (exact) mass is 1040 g/mol. The van der Waals surface area contributed by atoms with E-state index < -0.39 is 44.5 Å². The molecule has 19 nitrogen and oxygen atoms in total. The largest absolute Gasteiger partial charge is 0.492 e. The van der Waals surface area contributed by atoms with Gasteiger partial charge in [-0.05, 0) is 93.8 Å². The third-order valence-electron chi connectivity index (χ3n) is 12.6. The van der Waals surface area contributed by atoms with Crippen LogP contribution in [-0.2, 0) is 53.8 Å². The maximum atomic E-state index is 14.1. The van der Waals surface area contributed by atoms with E-state index >= 15 is 0 Å². The lowest BCUT2D eigenvalue weighted by Gasteiger charge is -2.30. The zero-order valence-electron chi connectivity index (χ0n) is 38.8. The first kappa shape index (κ1) is 54.2. The van der Waals surface area contributed by atoms with Gasteiger partial charge in [0.1, 0.15) is 6.54 Å². The summed E-state index contributed by atoms with van der Waals surface area (Å²) in [6.07, 6.45) is 17.4. The number of allylic oxidation sites excluding steroid dienone is 8. The van der Waals surface area contributed by atoms with Gasteiger partial charge in [-0.2, -0.15) is 4.58 Å². The maximum absolute atomic E-state index is 14.1. The Morgan fingerprint density at radius 2 is 1.46 bits per heavy atom. The van der Waals surface area contributed by atoms with Gasteiger partial charge in [-0.25, -0.2) is 33.3 Å². The molecular formula is C46H59N4O15S4+. The molecule has 2 aliphatic heterocycles. The molecule has 3 heterocycles. The van der Waals surface area contributed by atoms with E-state index in [1.54, 1.807) is 19.2 Å². The lowest BCUT2D eigenvalue weighted by molar-refractivity contribution is -0.438. The van der Waals surface area contributed by atoms with Crippen LogP contribution in [-0.4, -0.2) is 97.9 Å². The van der Waals surface area contributed by atoms with E-state index in [4.69, 9.17) is 20.6 Å². The predicted octanol–water partition coefficient (Wildman–Crippen LogP) is 9.06. The Bertz CT molecular complexity index is 2500. The van der Waals surface area contributed by atoms with Crippen molar-refractivity contribution in [3.8, 4) is 11.8 Å². The Labute approximate surface area is 414 Å². The number of aromatic nitrogens is 1. The van der Waals surface area contributed by atoms with Crippen molar-refractivity contribution in [3.63, 3.8) is 0 Å². The average Bonchev–Trinajstić information content (AvgIpc) is 3.84. The first-order valence-corrected chi connectivity index (χ1v) is 26.1. The van der Waals surface area contributed by atoms with E-state index in [1.807, 2.05) is 60.7 Å². The zero-order chi connectivity index (χ0) is 49.8. The lowest BCUT2D eigenvalue weighted by atomic mass is 9.81. The second kappa shape index (κ2) is 24.8. The molecule has 376 valence electrons. The summed E-state index contributed by atoms with van der Waals surface area (Å²) in [6, 6.07) is 13.6. The number of hydrogen-bond donors (Lipinski definition) is 5. The topological polar surface area (TPSA) is 231 Å². The molecule has 6 rings (SSSR count). The van der Waals surface area contributed by atoms with E-state index in [0.717, 1.165) is 81.4 Å². The molecule has 0 bridgehead atoms. The number of carbonyl (C=O) groups excluding carboxylic acids is 1. The molecule has 1 aliphatic carbocycles. The second-order valence-corrected chi connectivity index (χ2v) is 22.0. The van der Waals surface area contributed by atoms with Crippen LogP contribution >= 0.6 is 36.1 Å². The summed E-state index contributed by atoms with van der Waals surface area (Å²) in [5.74, 6) is -0.700. The van der Waals surface area contributed by atoms with Crippen molar-refractivity contribution in [2.45, 2.75) is 86.8 Å². The van der Waals surface area contributed by atoms with Crippen molar-refractivity contribution in [2.75, 3.05) is 43.1 Å². The normalized spacial score (nSPS) is 19.6. The summed E-state index contributed by atoms with van der Waals surface area (Å²) >= 11 is 2.88. The quantitative estimate of drug-likeness (QED) is 0.0133. The zero-order valence-corrected chi connectivity index (χ0v) is 42.1. The Morgan fingerprint density at radius 3 is 2.14 bits per heavy atom. The first-order chi connectivity index (χ1) is 33.1. The molecule has 1 saturated carbocycles. The van der Waals surface area contributed by atoms with Gasteiger partial charge in [-0.3, -0.25) is 0 Å². The van der Waals surface area contributed by atoms with Crippen molar-refractivity contribution in [2.24, 2.45) is 11.8 Å². The average molecular weight is 1040 g/mol. The molecule has 0 unspecified atom stereocenters. The minimum absolute atomic E-state index is 0.0143. The van der Waals surface area contributed by atoms with Crippen LogP contribution in [0, 0.1) is 11.8 Å². The van der Waals surface area contributed by atoms with Crippen LogP contribution in [0.1, 0.15) is 77.3 Å². The van der Waals surface area contributed by atoms with E-state index in [0.29, 0.717) is 61.4 Å². The van der Waals surface area contributed by atoms with Crippen molar-refractivity contribution in [3.05, 3.63) is 108 Å². The number of carbonyl (C=O) groups is 1. The van der Waals surface area contributed by atoms with E-state index in [1.165, 1.54) is 16.4 Å². The van der Waals surface area contributed by atoms with Crippen LogP contribution in [0.4, 0.5) is 11.4 Å². The molecular weight excluding hydrogens is 977 g/mol. The van der Waals surface area contributed by atoms with E-state index in [9.17, 15) is 23.4 Å². The standard InChI is InChI=1S/C46H58N4O15S4/c1-45(2)36-29-34(68-65-62-56)19-21-38(36)48(25-11-27-66-63-60-54)40(45)13-9-7-6-8-10-14-41-46(3,4)37-30-35(20-22-39(37)49(41)26-12-28-67-64-61-55)69(57,58)47(5)31-32-15-17-33(18-16-32)44(53)59-50-42(51)23-24-43(50)52/h6-10,13-14,19-24,29-30,32-33H,11-12,15-18,25-28,31H2,1-5H3,(H4-,51,52,54,55,56)/p+1. The highest BCUT2D eigenvalue weighted by atomic mass is 32.2. The fourth-order valence-electron chi connectivity index (χ4n) is 9.10. The molecule has 1 aromatic heterocycles. The number of sulfonamides is 1. The Balaban J connectivity index is 1.15. The van der Waals surface area contributed by atoms with Crippen molar-refractivity contribution in [1.82, 2.24) is 9.04 Å². The van der Waals surface area contributed by atoms with Gasteiger partial charge in [0.2, 0.25) is 27.5 Å². The number of fused-ring (bicyclic) bond motifs is 2. The SMILES string of the molecule is CN(CC1CCC(C(=O)On2c(O)ccc2O)CC1)S(=O)(=O)c1ccc2c(c1)C(C)(C)C(=CC=CC=CC=CC1=[N+](CCCSOOO)c3ccc(SOOO)cc3C1(C)C)N2CCCSOOO. The van der Waals surface area contributed by atoms with Gasteiger partial charge in [0.25, 0.3) is 0 Å². The van der Waals surface area contributed by atoms with Gasteiger partial charge >= 0.3 is 5.97 Å². The van der Waals surface area contributed by atoms with Crippen LogP contribution in [0.25, 0.3) is 0 Å². The first-order valence-electron chi connectivity index (χ1n) is 22.1. The molecule has 5 N–H and O–H groups in total. The molecule has 0 amide bonds. The van der Waals surface area contributed by atoms with Crippen LogP contribution in [0.5, 0.6) is 11.8 Å². The fourth-order valence-corrected chi connectivity index (χ4v) is 11.5. The highest BCUT2D eigenvalue weighted by Crippen LogP contribution is 2.49. The molecule has 1 fully saturated rings. The summed E-state index contributed by atoms with van der Waals surface area (Å²) < 4.78 is 46.4. The predicted molar refractivity (Wildman–Crippen MR) is 261 cm³/mol. The summed E-state index contributed by atoms with van der Waals surface area (Å²) in [5, 5.41) is 56.8. The highest BCUT2D eigenvalue weighted by Gasteiger charge is 2.45. The van der Waals surface area contributed by atoms with Crippen molar-refractivity contribution < 1.29 is 76.7 Å². The molecule has 69 heavy (non-hydrogen) atoms. The Hall–Kier alpha value is -4.18. The highest BCUT2D eigenvalue weighted by molar-refractivity contribution is 7.95. The molecule has 23 heteroatoms. The summed E-state index contributed by atoms with van der Waals surface area (Å²) in [4.78, 5) is 21.1. The lowest BCUT2D eigenvalue weighted by Crippen LogP contribution is -2.35. The molecule has 2 aromatic carbocycles. The van der Waals surface area contributed by atoms with Crippen LogP contribution in [0.3, 0.4) is 0 Å². The maximum Gasteiger partial charge on any atom is 0.336 e. The van der Waals surface area contributed by atoms with Crippen LogP contribution in [0.15, 0.2) is 107 Å². The van der Waals surface area contributed by atoms with Gasteiger partial charge < -0.3 is 20.0 Å². The van der Waals surface area contributed by atoms with Gasteiger partial charge in [0.05, 0.1) is 28.3 Å². The number of rotatable bonds is 25. The number of benzene rings is 2.